The molecule has 5 heteroatoms. The van der Waals surface area contributed by atoms with Gasteiger partial charge in [-0.25, -0.2) is 4.99 Å². The van der Waals surface area contributed by atoms with Crippen molar-refractivity contribution in [3.63, 3.8) is 0 Å². The van der Waals surface area contributed by atoms with Gasteiger partial charge in [-0.2, -0.15) is 0 Å². The summed E-state index contributed by atoms with van der Waals surface area (Å²) in [4.78, 5) is 14.0. The Bertz CT molecular complexity index is 995. The lowest BCUT2D eigenvalue weighted by Gasteiger charge is -2.26. The third kappa shape index (κ3) is 3.79. The van der Waals surface area contributed by atoms with Gasteiger partial charge in [0.25, 0.3) is 0 Å². The first kappa shape index (κ1) is 18.7. The highest BCUT2D eigenvalue weighted by atomic mass is 35.5. The highest BCUT2D eigenvalue weighted by molar-refractivity contribution is 6.30. The SMILES string of the molecule is CN(C)CCCN1c2cnccc2N=C(c2ccc(Cl)cc2)c2ccccc21. The van der Waals surface area contributed by atoms with Crippen molar-refractivity contribution >= 4 is 34.4 Å². The molecule has 0 spiro atoms. The maximum absolute atomic E-state index is 6.11. The summed E-state index contributed by atoms with van der Waals surface area (Å²) in [5.41, 5.74) is 6.25. The number of rotatable bonds is 5. The first-order valence-corrected chi connectivity index (χ1v) is 9.81. The molecular formula is C23H23ClN4. The molecule has 3 aromatic rings. The van der Waals surface area contributed by atoms with Gasteiger partial charge in [0.15, 0.2) is 0 Å². The molecule has 142 valence electrons. The molecule has 0 aliphatic carbocycles. The number of nitrogens with zero attached hydrogens (tertiary/aromatic N) is 4. The van der Waals surface area contributed by atoms with E-state index in [4.69, 9.17) is 16.6 Å². The number of hydrogen-bond donors (Lipinski definition) is 0. The normalized spacial score (nSPS) is 13.0. The molecule has 1 aliphatic rings. The van der Waals surface area contributed by atoms with E-state index in [0.717, 1.165) is 58.4 Å². The summed E-state index contributed by atoms with van der Waals surface area (Å²) < 4.78 is 0. The van der Waals surface area contributed by atoms with Crippen LogP contribution in [0.5, 0.6) is 0 Å². The Labute approximate surface area is 171 Å². The van der Waals surface area contributed by atoms with Crippen LogP contribution in [0.3, 0.4) is 0 Å². The van der Waals surface area contributed by atoms with Gasteiger partial charge < -0.3 is 9.80 Å². The number of anilines is 2. The van der Waals surface area contributed by atoms with E-state index in [1.165, 1.54) is 0 Å². The number of aliphatic imine (C=N–C) groups is 1. The zero-order valence-corrected chi connectivity index (χ0v) is 16.9. The van der Waals surface area contributed by atoms with Crippen molar-refractivity contribution in [2.45, 2.75) is 6.42 Å². The molecule has 0 amide bonds. The number of pyridine rings is 1. The Hall–Kier alpha value is -2.69. The summed E-state index contributed by atoms with van der Waals surface area (Å²) >= 11 is 6.11. The van der Waals surface area contributed by atoms with E-state index in [2.05, 4.69) is 53.1 Å². The second-order valence-corrected chi connectivity index (χ2v) is 7.59. The minimum absolute atomic E-state index is 0.723. The number of halogens is 1. The van der Waals surface area contributed by atoms with Crippen LogP contribution in [0, 0.1) is 0 Å². The summed E-state index contributed by atoms with van der Waals surface area (Å²) in [6.45, 7) is 1.93. The summed E-state index contributed by atoms with van der Waals surface area (Å²) in [6.07, 6.45) is 4.76. The van der Waals surface area contributed by atoms with Gasteiger partial charge in [0, 0.05) is 28.9 Å². The van der Waals surface area contributed by atoms with Gasteiger partial charge in [-0.1, -0.05) is 41.9 Å². The molecule has 0 fully saturated rings. The highest BCUT2D eigenvalue weighted by Gasteiger charge is 2.23. The zero-order chi connectivity index (χ0) is 19.5. The lowest BCUT2D eigenvalue weighted by molar-refractivity contribution is 0.402. The summed E-state index contributed by atoms with van der Waals surface area (Å²) in [7, 11) is 4.21. The van der Waals surface area contributed by atoms with Crippen molar-refractivity contribution in [2.75, 3.05) is 32.1 Å². The van der Waals surface area contributed by atoms with E-state index in [9.17, 15) is 0 Å². The van der Waals surface area contributed by atoms with Gasteiger partial charge in [0.1, 0.15) is 0 Å². The molecule has 1 aliphatic heterocycles. The van der Waals surface area contributed by atoms with E-state index < -0.39 is 0 Å². The fourth-order valence-corrected chi connectivity index (χ4v) is 3.64. The molecule has 4 nitrogen and oxygen atoms in total. The van der Waals surface area contributed by atoms with Crippen LogP contribution in [0.2, 0.25) is 5.02 Å². The summed E-state index contributed by atoms with van der Waals surface area (Å²) in [5, 5.41) is 0.723. The fourth-order valence-electron chi connectivity index (χ4n) is 3.51. The molecule has 0 saturated heterocycles. The van der Waals surface area contributed by atoms with E-state index >= 15 is 0 Å². The second kappa shape index (κ2) is 8.13. The average molecular weight is 391 g/mol. The Morgan fingerprint density at radius 3 is 2.54 bits per heavy atom. The van der Waals surface area contributed by atoms with Crippen molar-refractivity contribution in [1.29, 1.82) is 0 Å². The highest BCUT2D eigenvalue weighted by Crippen LogP contribution is 2.40. The van der Waals surface area contributed by atoms with Crippen LogP contribution in [-0.4, -0.2) is 42.8 Å². The van der Waals surface area contributed by atoms with Crippen molar-refractivity contribution in [2.24, 2.45) is 4.99 Å². The predicted octanol–water partition coefficient (Wildman–Crippen LogP) is 5.31. The second-order valence-electron chi connectivity index (χ2n) is 7.16. The lowest BCUT2D eigenvalue weighted by atomic mass is 10.00. The maximum atomic E-state index is 6.11. The molecule has 0 N–H and O–H groups in total. The van der Waals surface area contributed by atoms with E-state index in [0.29, 0.717) is 0 Å². The molecule has 0 unspecified atom stereocenters. The molecule has 2 heterocycles. The third-order valence-electron chi connectivity index (χ3n) is 4.86. The van der Waals surface area contributed by atoms with Crippen LogP contribution in [-0.2, 0) is 0 Å². The van der Waals surface area contributed by atoms with E-state index in [1.807, 2.05) is 36.5 Å². The van der Waals surface area contributed by atoms with Crippen molar-refractivity contribution in [3.8, 4) is 0 Å². The van der Waals surface area contributed by atoms with Crippen LogP contribution in [0.15, 0.2) is 72.0 Å². The van der Waals surface area contributed by atoms with Crippen LogP contribution < -0.4 is 4.90 Å². The first-order chi connectivity index (χ1) is 13.6. The van der Waals surface area contributed by atoms with Crippen molar-refractivity contribution in [1.82, 2.24) is 9.88 Å². The van der Waals surface area contributed by atoms with Crippen molar-refractivity contribution in [3.05, 3.63) is 83.1 Å². The zero-order valence-electron chi connectivity index (χ0n) is 16.1. The molecule has 1 aromatic heterocycles. The first-order valence-electron chi connectivity index (χ1n) is 9.44. The lowest BCUT2D eigenvalue weighted by Crippen LogP contribution is -2.24. The van der Waals surface area contributed by atoms with Crippen LogP contribution in [0.25, 0.3) is 0 Å². The summed E-state index contributed by atoms with van der Waals surface area (Å²) in [5.74, 6) is 0. The number of fused-ring (bicyclic) bond motifs is 2. The van der Waals surface area contributed by atoms with Gasteiger partial charge >= 0.3 is 0 Å². The minimum Gasteiger partial charge on any atom is -0.338 e. The largest absolute Gasteiger partial charge is 0.338 e. The molecule has 0 radical (unpaired) electrons. The third-order valence-corrected chi connectivity index (χ3v) is 5.11. The van der Waals surface area contributed by atoms with Gasteiger partial charge in [-0.05, 0) is 51.3 Å². The Morgan fingerprint density at radius 1 is 0.964 bits per heavy atom. The number of aromatic nitrogens is 1. The fraction of sp³-hybridized carbons (Fsp3) is 0.217. The van der Waals surface area contributed by atoms with Crippen LogP contribution in [0.4, 0.5) is 17.1 Å². The quantitative estimate of drug-likeness (QED) is 0.591. The molecule has 28 heavy (non-hydrogen) atoms. The molecule has 0 atom stereocenters. The molecule has 4 rings (SSSR count). The van der Waals surface area contributed by atoms with E-state index in [1.54, 1.807) is 6.20 Å². The Kier molecular flexibility index (Phi) is 5.42. The van der Waals surface area contributed by atoms with Gasteiger partial charge in [-0.3, -0.25) is 4.98 Å². The van der Waals surface area contributed by atoms with Crippen LogP contribution in [0.1, 0.15) is 17.5 Å². The smallest absolute Gasteiger partial charge is 0.0905 e. The maximum Gasteiger partial charge on any atom is 0.0905 e. The topological polar surface area (TPSA) is 31.7 Å². The number of para-hydroxylation sites is 1. The van der Waals surface area contributed by atoms with Gasteiger partial charge in [0.2, 0.25) is 0 Å². The van der Waals surface area contributed by atoms with E-state index in [-0.39, 0.29) is 0 Å². The molecule has 0 saturated carbocycles. The van der Waals surface area contributed by atoms with Crippen molar-refractivity contribution < 1.29 is 0 Å². The summed E-state index contributed by atoms with van der Waals surface area (Å²) in [6, 6.07) is 18.3. The molecule has 2 aromatic carbocycles. The Morgan fingerprint density at radius 2 is 1.75 bits per heavy atom. The monoisotopic (exact) mass is 390 g/mol. The molecular weight excluding hydrogens is 368 g/mol. The van der Waals surface area contributed by atoms with Gasteiger partial charge in [0.05, 0.1) is 29.0 Å². The van der Waals surface area contributed by atoms with Crippen LogP contribution >= 0.6 is 11.6 Å². The minimum atomic E-state index is 0.723. The average Bonchev–Trinajstić information content (AvgIpc) is 2.84. The predicted molar refractivity (Wildman–Crippen MR) is 118 cm³/mol. The van der Waals surface area contributed by atoms with Gasteiger partial charge in [-0.15, -0.1) is 0 Å². The number of benzene rings is 2. The standard InChI is InChI=1S/C23H23ClN4/c1-27(2)14-5-15-28-21-7-4-3-6-19(21)23(17-8-10-18(24)11-9-17)26-20-12-13-25-16-22(20)28/h3-4,6-13,16H,5,14-15H2,1-2H3. The number of hydrogen-bond acceptors (Lipinski definition) is 4. The Balaban J connectivity index is 1.85. The molecule has 0 bridgehead atoms.